The average molecular weight is 376 g/mol. The zero-order chi connectivity index (χ0) is 18.2. The first-order valence-electron chi connectivity index (χ1n) is 8.53. The van der Waals surface area contributed by atoms with Crippen LogP contribution in [0.1, 0.15) is 41.4 Å². The molecule has 26 heavy (non-hydrogen) atoms. The van der Waals surface area contributed by atoms with Crippen molar-refractivity contribution in [2.24, 2.45) is 5.73 Å². The Bertz CT molecular complexity index is 701. The summed E-state index contributed by atoms with van der Waals surface area (Å²) in [4.78, 5) is 26.2. The Morgan fingerprint density at radius 3 is 2.12 bits per heavy atom. The van der Waals surface area contributed by atoms with Crippen LogP contribution in [-0.4, -0.2) is 29.8 Å². The Labute approximate surface area is 161 Å². The summed E-state index contributed by atoms with van der Waals surface area (Å²) >= 11 is 0. The second kappa shape index (κ2) is 10.6. The summed E-state index contributed by atoms with van der Waals surface area (Å²) in [6, 6.07) is 15.9. The Kier molecular flexibility index (Phi) is 8.82. The lowest BCUT2D eigenvalue weighted by Gasteiger charge is -2.18. The first kappa shape index (κ1) is 21.7. The minimum absolute atomic E-state index is 0. The van der Waals surface area contributed by atoms with Crippen LogP contribution >= 0.6 is 12.4 Å². The van der Waals surface area contributed by atoms with Crippen LogP contribution in [0.2, 0.25) is 0 Å². The summed E-state index contributed by atoms with van der Waals surface area (Å²) in [5, 5.41) is 2.83. The Morgan fingerprint density at radius 2 is 1.58 bits per heavy atom. The third-order valence-electron chi connectivity index (χ3n) is 4.16. The van der Waals surface area contributed by atoms with Gasteiger partial charge < -0.3 is 16.0 Å². The summed E-state index contributed by atoms with van der Waals surface area (Å²) in [6.45, 7) is 5.66. The van der Waals surface area contributed by atoms with Crippen molar-refractivity contribution in [2.75, 3.05) is 13.1 Å². The predicted octanol–water partition coefficient (Wildman–Crippen LogP) is 2.91. The van der Waals surface area contributed by atoms with Crippen LogP contribution in [0.5, 0.6) is 0 Å². The molecule has 140 valence electrons. The third-order valence-corrected chi connectivity index (χ3v) is 4.16. The van der Waals surface area contributed by atoms with Gasteiger partial charge in [0.1, 0.15) is 6.04 Å². The van der Waals surface area contributed by atoms with E-state index in [1.54, 1.807) is 17.0 Å². The second-order valence-electron chi connectivity index (χ2n) is 5.78. The summed E-state index contributed by atoms with van der Waals surface area (Å²) in [6.07, 6.45) is 0. The van der Waals surface area contributed by atoms with Gasteiger partial charge in [-0.2, -0.15) is 0 Å². The van der Waals surface area contributed by atoms with Crippen molar-refractivity contribution in [1.29, 1.82) is 0 Å². The van der Waals surface area contributed by atoms with Crippen LogP contribution < -0.4 is 11.1 Å². The summed E-state index contributed by atoms with van der Waals surface area (Å²) in [7, 11) is 0. The highest BCUT2D eigenvalue weighted by Crippen LogP contribution is 2.11. The molecule has 1 unspecified atom stereocenters. The van der Waals surface area contributed by atoms with Crippen molar-refractivity contribution in [3.05, 3.63) is 71.3 Å². The fraction of sp³-hybridized carbons (Fsp3) is 0.300. The number of nitrogens with zero attached hydrogens (tertiary/aromatic N) is 1. The Morgan fingerprint density at radius 1 is 1.00 bits per heavy atom. The van der Waals surface area contributed by atoms with Crippen molar-refractivity contribution in [3.8, 4) is 0 Å². The molecule has 0 aliphatic heterocycles. The van der Waals surface area contributed by atoms with Gasteiger partial charge in [-0.15, -0.1) is 12.4 Å². The largest absolute Gasteiger partial charge is 0.350 e. The third kappa shape index (κ3) is 5.58. The van der Waals surface area contributed by atoms with Crippen LogP contribution in [0, 0.1) is 0 Å². The van der Waals surface area contributed by atoms with Gasteiger partial charge in [-0.1, -0.05) is 42.5 Å². The van der Waals surface area contributed by atoms with E-state index < -0.39 is 6.04 Å². The van der Waals surface area contributed by atoms with Gasteiger partial charge in [0.05, 0.1) is 0 Å². The van der Waals surface area contributed by atoms with E-state index in [1.165, 1.54) is 0 Å². The standard InChI is InChI=1S/C20H25N3O2.ClH/c1-3-23(4-2)20(25)17-12-10-15(11-13-17)14-22-19(24)18(21)16-8-6-5-7-9-16;/h5-13,18H,3-4,14,21H2,1-2H3,(H,22,24);1H. The van der Waals surface area contributed by atoms with Gasteiger partial charge in [-0.25, -0.2) is 0 Å². The van der Waals surface area contributed by atoms with Gasteiger partial charge in [0.25, 0.3) is 5.91 Å². The topological polar surface area (TPSA) is 75.4 Å². The van der Waals surface area contributed by atoms with E-state index in [9.17, 15) is 9.59 Å². The minimum atomic E-state index is -0.690. The highest BCUT2D eigenvalue weighted by atomic mass is 35.5. The van der Waals surface area contributed by atoms with Crippen molar-refractivity contribution in [2.45, 2.75) is 26.4 Å². The summed E-state index contributed by atoms with van der Waals surface area (Å²) in [5.74, 6) is -0.207. The number of nitrogens with two attached hydrogens (primary N) is 1. The molecule has 0 saturated heterocycles. The quantitative estimate of drug-likeness (QED) is 0.781. The Balaban J connectivity index is 0.00000338. The maximum absolute atomic E-state index is 12.3. The second-order valence-corrected chi connectivity index (χ2v) is 5.78. The highest BCUT2D eigenvalue weighted by Gasteiger charge is 2.15. The van der Waals surface area contributed by atoms with Crippen LogP contribution in [0.15, 0.2) is 54.6 Å². The van der Waals surface area contributed by atoms with Crippen molar-refractivity contribution in [3.63, 3.8) is 0 Å². The number of carbonyl (C=O) groups is 2. The monoisotopic (exact) mass is 375 g/mol. The lowest BCUT2D eigenvalue weighted by molar-refractivity contribution is -0.122. The maximum Gasteiger partial charge on any atom is 0.253 e. The number of halogens is 1. The number of amides is 2. The molecule has 2 rings (SSSR count). The zero-order valence-corrected chi connectivity index (χ0v) is 16.0. The fourth-order valence-electron chi connectivity index (χ4n) is 2.57. The maximum atomic E-state index is 12.3. The van der Waals surface area contributed by atoms with E-state index in [4.69, 9.17) is 5.73 Å². The fourth-order valence-corrected chi connectivity index (χ4v) is 2.57. The van der Waals surface area contributed by atoms with Crippen molar-refractivity contribution < 1.29 is 9.59 Å². The van der Waals surface area contributed by atoms with E-state index in [-0.39, 0.29) is 24.2 Å². The molecule has 0 aromatic heterocycles. The van der Waals surface area contributed by atoms with Gasteiger partial charge in [0.2, 0.25) is 5.91 Å². The molecule has 0 radical (unpaired) electrons. The number of benzene rings is 2. The van der Waals surface area contributed by atoms with Gasteiger partial charge in [0.15, 0.2) is 0 Å². The van der Waals surface area contributed by atoms with Crippen LogP contribution in [0.4, 0.5) is 0 Å². The molecule has 0 aliphatic carbocycles. The molecule has 1 atom stereocenters. The lowest BCUT2D eigenvalue weighted by atomic mass is 10.1. The molecular formula is C20H26ClN3O2. The van der Waals surface area contributed by atoms with E-state index in [0.29, 0.717) is 25.2 Å². The molecule has 0 spiro atoms. The van der Waals surface area contributed by atoms with E-state index >= 15 is 0 Å². The Hall–Kier alpha value is -2.37. The smallest absolute Gasteiger partial charge is 0.253 e. The summed E-state index contributed by atoms with van der Waals surface area (Å²) < 4.78 is 0. The zero-order valence-electron chi connectivity index (χ0n) is 15.1. The molecule has 0 fully saturated rings. The average Bonchev–Trinajstić information content (AvgIpc) is 2.67. The van der Waals surface area contributed by atoms with Crippen molar-refractivity contribution >= 4 is 24.2 Å². The van der Waals surface area contributed by atoms with Gasteiger partial charge in [-0.3, -0.25) is 9.59 Å². The van der Waals surface area contributed by atoms with Crippen molar-refractivity contribution in [1.82, 2.24) is 10.2 Å². The number of rotatable bonds is 7. The molecule has 2 amide bonds. The molecule has 6 heteroatoms. The van der Waals surface area contributed by atoms with Crippen LogP contribution in [0.3, 0.4) is 0 Å². The normalized spacial score (nSPS) is 11.2. The lowest BCUT2D eigenvalue weighted by Crippen LogP contribution is -2.33. The SMILES string of the molecule is CCN(CC)C(=O)c1ccc(CNC(=O)C(N)c2ccccc2)cc1.Cl. The molecule has 5 nitrogen and oxygen atoms in total. The minimum Gasteiger partial charge on any atom is -0.350 e. The number of hydrogen-bond acceptors (Lipinski definition) is 3. The predicted molar refractivity (Wildman–Crippen MR) is 106 cm³/mol. The first-order valence-corrected chi connectivity index (χ1v) is 8.53. The molecule has 0 heterocycles. The van der Waals surface area contributed by atoms with Crippen LogP contribution in [0.25, 0.3) is 0 Å². The molecule has 0 bridgehead atoms. The van der Waals surface area contributed by atoms with Gasteiger partial charge in [0, 0.05) is 25.2 Å². The van der Waals surface area contributed by atoms with E-state index in [2.05, 4.69) is 5.32 Å². The molecule has 2 aromatic rings. The number of carbonyl (C=O) groups excluding carboxylic acids is 2. The number of nitrogens with one attached hydrogen (secondary N) is 1. The van der Waals surface area contributed by atoms with Gasteiger partial charge in [-0.05, 0) is 37.1 Å². The molecule has 2 aromatic carbocycles. The van der Waals surface area contributed by atoms with E-state index in [1.807, 2.05) is 56.3 Å². The summed E-state index contributed by atoms with van der Waals surface area (Å²) in [5.41, 5.74) is 8.32. The molecular weight excluding hydrogens is 350 g/mol. The van der Waals surface area contributed by atoms with E-state index in [0.717, 1.165) is 11.1 Å². The van der Waals surface area contributed by atoms with Gasteiger partial charge >= 0.3 is 0 Å². The first-order chi connectivity index (χ1) is 12.1. The van der Waals surface area contributed by atoms with Crippen LogP contribution in [-0.2, 0) is 11.3 Å². The molecule has 0 aliphatic rings. The number of hydrogen-bond donors (Lipinski definition) is 2. The molecule has 3 N–H and O–H groups in total. The highest BCUT2D eigenvalue weighted by molar-refractivity contribution is 5.94. The molecule has 0 saturated carbocycles.